The summed E-state index contributed by atoms with van der Waals surface area (Å²) in [6.07, 6.45) is 4.53. The van der Waals surface area contributed by atoms with Crippen LogP contribution in [0.4, 0.5) is 5.69 Å². The molecule has 3 N–H and O–H groups in total. The molecule has 0 amide bonds. The third-order valence-electron chi connectivity index (χ3n) is 1.90. The number of nitrogen functional groups attached to an aromatic ring is 1. The summed E-state index contributed by atoms with van der Waals surface area (Å²) in [4.78, 5) is 19.4. The van der Waals surface area contributed by atoms with Crippen LogP contribution in [-0.2, 0) is 0 Å². The Kier molecular flexibility index (Phi) is 1.81. The van der Waals surface area contributed by atoms with E-state index in [2.05, 4.69) is 15.1 Å². The van der Waals surface area contributed by atoms with E-state index >= 15 is 0 Å². The topological polar surface area (TPSA) is 89.6 Å². The highest BCUT2D eigenvalue weighted by molar-refractivity contribution is 5.41. The summed E-state index contributed by atoms with van der Waals surface area (Å²) in [6.45, 7) is 1.73. The van der Waals surface area contributed by atoms with Gasteiger partial charge in [0.05, 0.1) is 11.9 Å². The lowest BCUT2D eigenvalue weighted by atomic mass is 10.4. The summed E-state index contributed by atoms with van der Waals surface area (Å²) >= 11 is 0. The number of nitrogens with zero attached hydrogens (tertiary/aromatic N) is 3. The Bertz CT molecular complexity index is 498. The fourth-order valence-electron chi connectivity index (χ4n) is 1.13. The van der Waals surface area contributed by atoms with Crippen LogP contribution in [0, 0.1) is 6.92 Å². The summed E-state index contributed by atoms with van der Waals surface area (Å²) in [5.41, 5.74) is 6.05. The minimum Gasteiger partial charge on any atom is -0.393 e. The molecule has 0 bridgehead atoms. The van der Waals surface area contributed by atoms with E-state index in [-0.39, 0.29) is 11.2 Å². The van der Waals surface area contributed by atoms with Crippen molar-refractivity contribution in [2.75, 3.05) is 5.73 Å². The van der Waals surface area contributed by atoms with Gasteiger partial charge in [-0.15, -0.1) is 0 Å². The quantitative estimate of drug-likeness (QED) is 0.655. The van der Waals surface area contributed by atoms with E-state index < -0.39 is 0 Å². The first kappa shape index (κ1) is 8.49. The van der Waals surface area contributed by atoms with Crippen molar-refractivity contribution in [3.63, 3.8) is 0 Å². The zero-order valence-corrected chi connectivity index (χ0v) is 7.56. The highest BCUT2D eigenvalue weighted by Gasteiger charge is 2.08. The number of hydrogen-bond donors (Lipinski definition) is 2. The standard InChI is InChI=1S/C8H9N5O/c1-5-7(9)8(14)13(12-5)6-4-10-2-3-11-6/h2-4,12H,9H2,1H3. The van der Waals surface area contributed by atoms with Crippen molar-refractivity contribution in [3.05, 3.63) is 34.6 Å². The van der Waals surface area contributed by atoms with Crippen LogP contribution in [0.3, 0.4) is 0 Å². The lowest BCUT2D eigenvalue weighted by molar-refractivity contribution is 0.800. The fourth-order valence-corrected chi connectivity index (χ4v) is 1.13. The Labute approximate surface area is 79.4 Å². The smallest absolute Gasteiger partial charge is 0.296 e. The third kappa shape index (κ3) is 1.17. The molecule has 0 unspecified atom stereocenters. The summed E-state index contributed by atoms with van der Waals surface area (Å²) in [7, 11) is 0. The lowest BCUT2D eigenvalue weighted by Crippen LogP contribution is -2.17. The van der Waals surface area contributed by atoms with E-state index in [1.54, 1.807) is 6.92 Å². The number of anilines is 1. The molecule has 0 saturated carbocycles. The lowest BCUT2D eigenvalue weighted by Gasteiger charge is -1.97. The van der Waals surface area contributed by atoms with Gasteiger partial charge in [0.15, 0.2) is 5.82 Å². The molecule has 2 aromatic rings. The maximum atomic E-state index is 11.5. The molecule has 14 heavy (non-hydrogen) atoms. The van der Waals surface area contributed by atoms with Crippen molar-refractivity contribution >= 4 is 5.69 Å². The van der Waals surface area contributed by atoms with Crippen molar-refractivity contribution in [2.45, 2.75) is 6.92 Å². The van der Waals surface area contributed by atoms with E-state index in [1.807, 2.05) is 0 Å². The molecule has 2 heterocycles. The summed E-state index contributed by atoms with van der Waals surface area (Å²) in [6, 6.07) is 0. The predicted molar refractivity (Wildman–Crippen MR) is 51.1 cm³/mol. The van der Waals surface area contributed by atoms with E-state index in [1.165, 1.54) is 23.3 Å². The predicted octanol–water partition coefficient (Wildman–Crippen LogP) is -0.154. The Morgan fingerprint density at radius 2 is 2.29 bits per heavy atom. The zero-order chi connectivity index (χ0) is 10.1. The maximum Gasteiger partial charge on any atom is 0.296 e. The van der Waals surface area contributed by atoms with Crippen molar-refractivity contribution in [2.24, 2.45) is 0 Å². The van der Waals surface area contributed by atoms with E-state index in [4.69, 9.17) is 5.73 Å². The van der Waals surface area contributed by atoms with Crippen molar-refractivity contribution in [1.82, 2.24) is 19.7 Å². The van der Waals surface area contributed by atoms with Gasteiger partial charge in [0.25, 0.3) is 5.56 Å². The monoisotopic (exact) mass is 191 g/mol. The van der Waals surface area contributed by atoms with Crippen molar-refractivity contribution in [1.29, 1.82) is 0 Å². The summed E-state index contributed by atoms with van der Waals surface area (Å²) in [5.74, 6) is 0.428. The van der Waals surface area contributed by atoms with Gasteiger partial charge in [-0.25, -0.2) is 4.98 Å². The second-order valence-corrected chi connectivity index (χ2v) is 2.85. The molecule has 0 spiro atoms. The maximum absolute atomic E-state index is 11.5. The fraction of sp³-hybridized carbons (Fsp3) is 0.125. The first-order chi connectivity index (χ1) is 6.70. The number of rotatable bonds is 1. The van der Waals surface area contributed by atoms with Crippen LogP contribution in [-0.4, -0.2) is 19.7 Å². The molecule has 0 atom stereocenters. The highest BCUT2D eigenvalue weighted by atomic mass is 16.1. The van der Waals surface area contributed by atoms with Crippen LogP contribution in [0.2, 0.25) is 0 Å². The van der Waals surface area contributed by atoms with Crippen LogP contribution in [0.1, 0.15) is 5.69 Å². The molecule has 0 aliphatic heterocycles. The minimum absolute atomic E-state index is 0.204. The van der Waals surface area contributed by atoms with Gasteiger partial charge in [0.2, 0.25) is 0 Å². The van der Waals surface area contributed by atoms with E-state index in [9.17, 15) is 4.79 Å². The molecular weight excluding hydrogens is 182 g/mol. The third-order valence-corrected chi connectivity index (χ3v) is 1.90. The number of nitrogens with one attached hydrogen (secondary N) is 1. The summed E-state index contributed by atoms with van der Waals surface area (Å²) in [5, 5.41) is 2.81. The van der Waals surface area contributed by atoms with Gasteiger partial charge in [-0.2, -0.15) is 4.68 Å². The number of H-pyrrole nitrogens is 1. The van der Waals surface area contributed by atoms with Gasteiger partial charge < -0.3 is 5.73 Å². The van der Waals surface area contributed by atoms with Crippen LogP contribution in [0.5, 0.6) is 0 Å². The largest absolute Gasteiger partial charge is 0.393 e. The average molecular weight is 191 g/mol. The average Bonchev–Trinajstić information content (AvgIpc) is 2.47. The van der Waals surface area contributed by atoms with Gasteiger partial charge >= 0.3 is 0 Å². The Morgan fingerprint density at radius 1 is 1.50 bits per heavy atom. The van der Waals surface area contributed by atoms with Gasteiger partial charge in [-0.3, -0.25) is 14.9 Å². The second-order valence-electron chi connectivity index (χ2n) is 2.85. The molecule has 6 nitrogen and oxygen atoms in total. The normalized spacial score (nSPS) is 10.4. The second kappa shape index (κ2) is 2.99. The number of aromatic nitrogens is 4. The summed E-state index contributed by atoms with van der Waals surface area (Å²) < 4.78 is 1.26. The number of nitrogens with two attached hydrogens (primary N) is 1. The molecule has 2 rings (SSSR count). The van der Waals surface area contributed by atoms with Gasteiger partial charge in [-0.05, 0) is 6.92 Å². The molecule has 0 radical (unpaired) electrons. The Balaban J connectivity index is 2.64. The molecule has 0 saturated heterocycles. The first-order valence-corrected chi connectivity index (χ1v) is 4.03. The van der Waals surface area contributed by atoms with Crippen LogP contribution in [0.15, 0.2) is 23.4 Å². The molecule has 0 aliphatic rings. The minimum atomic E-state index is -0.303. The molecule has 72 valence electrons. The number of aromatic amines is 1. The van der Waals surface area contributed by atoms with Gasteiger partial charge in [0.1, 0.15) is 5.69 Å². The molecular formula is C8H9N5O. The Hall–Kier alpha value is -2.11. The van der Waals surface area contributed by atoms with Crippen LogP contribution >= 0.6 is 0 Å². The van der Waals surface area contributed by atoms with Crippen molar-refractivity contribution in [3.8, 4) is 5.82 Å². The SMILES string of the molecule is Cc1[nH]n(-c2cnccn2)c(=O)c1N. The Morgan fingerprint density at radius 3 is 2.79 bits per heavy atom. The van der Waals surface area contributed by atoms with Crippen molar-refractivity contribution < 1.29 is 0 Å². The molecule has 0 aromatic carbocycles. The molecule has 6 heteroatoms. The number of hydrogen-bond acceptors (Lipinski definition) is 4. The molecule has 0 aliphatic carbocycles. The molecule has 0 fully saturated rings. The van der Waals surface area contributed by atoms with Gasteiger partial charge in [-0.1, -0.05) is 0 Å². The first-order valence-electron chi connectivity index (χ1n) is 4.03. The number of aryl methyl sites for hydroxylation is 1. The molecule has 2 aromatic heterocycles. The highest BCUT2D eigenvalue weighted by Crippen LogP contribution is 2.03. The van der Waals surface area contributed by atoms with Gasteiger partial charge in [0, 0.05) is 12.4 Å². The van der Waals surface area contributed by atoms with Crippen LogP contribution < -0.4 is 11.3 Å². The van der Waals surface area contributed by atoms with E-state index in [0.717, 1.165) is 0 Å². The zero-order valence-electron chi connectivity index (χ0n) is 7.56. The van der Waals surface area contributed by atoms with Crippen LogP contribution in [0.25, 0.3) is 5.82 Å². The van der Waals surface area contributed by atoms with E-state index in [0.29, 0.717) is 11.5 Å².